The predicted molar refractivity (Wildman–Crippen MR) is 170 cm³/mol. The summed E-state index contributed by atoms with van der Waals surface area (Å²) in [4.78, 5) is 12.1. The first-order chi connectivity index (χ1) is 21.2. The summed E-state index contributed by atoms with van der Waals surface area (Å²) in [6.45, 7) is 0. The van der Waals surface area contributed by atoms with E-state index >= 15 is 0 Å². The minimum atomic E-state index is -0.604. The Balaban J connectivity index is 1.43. The van der Waals surface area contributed by atoms with Crippen LogP contribution < -0.4 is 4.90 Å². The van der Waals surface area contributed by atoms with Crippen LogP contribution in [0.2, 0.25) is 0 Å². The second kappa shape index (κ2) is 11.3. The van der Waals surface area contributed by atoms with Crippen molar-refractivity contribution < 1.29 is 8.78 Å². The van der Waals surface area contributed by atoms with Gasteiger partial charge in [-0.15, -0.1) is 0 Å². The molecule has 0 saturated carbocycles. The highest BCUT2D eigenvalue weighted by Crippen LogP contribution is 2.39. The van der Waals surface area contributed by atoms with Gasteiger partial charge in [-0.3, -0.25) is 0 Å². The predicted octanol–water partition coefficient (Wildman–Crippen LogP) is 10.4. The molecule has 1 heterocycles. The maximum Gasteiger partial charge on any atom is 0.160 e. The van der Waals surface area contributed by atoms with E-state index in [0.29, 0.717) is 11.4 Å². The lowest BCUT2D eigenvalue weighted by Crippen LogP contribution is -2.10. The van der Waals surface area contributed by atoms with E-state index in [4.69, 9.17) is 9.97 Å². The van der Waals surface area contributed by atoms with Gasteiger partial charge in [-0.2, -0.15) is 0 Å². The van der Waals surface area contributed by atoms with Gasteiger partial charge in [0.1, 0.15) is 11.6 Å². The number of anilines is 3. The van der Waals surface area contributed by atoms with Gasteiger partial charge >= 0.3 is 0 Å². The Kier molecular flexibility index (Phi) is 6.89. The minimum absolute atomic E-state index is 0.0522. The maximum absolute atomic E-state index is 14.8. The topological polar surface area (TPSA) is 29.0 Å². The van der Waals surface area contributed by atoms with Crippen LogP contribution in [0, 0.1) is 11.6 Å². The lowest BCUT2D eigenvalue weighted by Gasteiger charge is -2.26. The van der Waals surface area contributed by atoms with Crippen LogP contribution >= 0.6 is 0 Å². The van der Waals surface area contributed by atoms with Crippen LogP contribution in [0.4, 0.5) is 25.8 Å². The molecule has 0 spiro atoms. The Morgan fingerprint density at radius 3 is 1.70 bits per heavy atom. The first kappa shape index (κ1) is 26.2. The van der Waals surface area contributed by atoms with Crippen LogP contribution in [0.25, 0.3) is 44.7 Å². The number of para-hydroxylation sites is 1. The van der Waals surface area contributed by atoms with Gasteiger partial charge in [0.2, 0.25) is 0 Å². The molecular formula is C38H25F2N3. The SMILES string of the molecule is Fc1cccc(F)c1-c1cccc(N(c2ccccc2)c2ccc3c(-c4ccccc4)nc(-c4ccccc4)nc3c2)c1. The molecule has 0 bridgehead atoms. The van der Waals surface area contributed by atoms with Crippen molar-refractivity contribution in [3.8, 4) is 33.8 Å². The monoisotopic (exact) mass is 561 g/mol. The van der Waals surface area contributed by atoms with Crippen molar-refractivity contribution in [2.45, 2.75) is 0 Å². The maximum atomic E-state index is 14.8. The molecule has 7 rings (SSSR count). The number of benzene rings is 6. The quantitative estimate of drug-likeness (QED) is 0.202. The van der Waals surface area contributed by atoms with Gasteiger partial charge in [0.05, 0.1) is 16.8 Å². The Hall–Kier alpha value is -5.68. The van der Waals surface area contributed by atoms with Crippen LogP contribution in [0.3, 0.4) is 0 Å². The van der Waals surface area contributed by atoms with Crippen molar-refractivity contribution in [2.24, 2.45) is 0 Å². The molecule has 6 aromatic carbocycles. The third-order valence-corrected chi connectivity index (χ3v) is 7.39. The van der Waals surface area contributed by atoms with Crippen LogP contribution in [0.1, 0.15) is 0 Å². The Morgan fingerprint density at radius 2 is 1.00 bits per heavy atom. The van der Waals surface area contributed by atoms with E-state index in [-0.39, 0.29) is 5.56 Å². The average molecular weight is 562 g/mol. The van der Waals surface area contributed by atoms with Crippen molar-refractivity contribution in [1.29, 1.82) is 0 Å². The van der Waals surface area contributed by atoms with E-state index in [1.54, 1.807) is 6.07 Å². The average Bonchev–Trinajstić information content (AvgIpc) is 3.06. The summed E-state index contributed by atoms with van der Waals surface area (Å²) in [7, 11) is 0. The van der Waals surface area contributed by atoms with Crippen LogP contribution in [-0.4, -0.2) is 9.97 Å². The lowest BCUT2D eigenvalue weighted by atomic mass is 10.0. The summed E-state index contributed by atoms with van der Waals surface area (Å²) in [6.07, 6.45) is 0. The fourth-order valence-corrected chi connectivity index (χ4v) is 5.39. The second-order valence-electron chi connectivity index (χ2n) is 10.1. The molecule has 1 aromatic heterocycles. The first-order valence-electron chi connectivity index (χ1n) is 14.0. The van der Waals surface area contributed by atoms with Crippen molar-refractivity contribution in [3.63, 3.8) is 0 Å². The third-order valence-electron chi connectivity index (χ3n) is 7.39. The highest BCUT2D eigenvalue weighted by Gasteiger charge is 2.18. The number of rotatable bonds is 6. The summed E-state index contributed by atoms with van der Waals surface area (Å²) in [5, 5.41) is 0.921. The van der Waals surface area contributed by atoms with Gasteiger partial charge in [-0.25, -0.2) is 18.7 Å². The summed E-state index contributed by atoms with van der Waals surface area (Å²) in [5.41, 5.74) is 6.45. The number of halogens is 2. The molecule has 43 heavy (non-hydrogen) atoms. The van der Waals surface area contributed by atoms with E-state index in [1.807, 2.05) is 127 Å². The Bertz CT molecular complexity index is 2030. The van der Waals surface area contributed by atoms with Gasteiger partial charge in [0.25, 0.3) is 0 Å². The number of aromatic nitrogens is 2. The smallest absolute Gasteiger partial charge is 0.160 e. The van der Waals surface area contributed by atoms with Crippen molar-refractivity contribution in [3.05, 3.63) is 163 Å². The molecule has 0 fully saturated rings. The second-order valence-corrected chi connectivity index (χ2v) is 10.1. The molecule has 0 atom stereocenters. The zero-order chi connectivity index (χ0) is 29.2. The summed E-state index contributed by atoms with van der Waals surface area (Å²) >= 11 is 0. The highest BCUT2D eigenvalue weighted by molar-refractivity contribution is 5.96. The zero-order valence-electron chi connectivity index (χ0n) is 23.0. The van der Waals surface area contributed by atoms with Crippen molar-refractivity contribution in [2.75, 3.05) is 4.90 Å². The fourth-order valence-electron chi connectivity index (χ4n) is 5.39. The molecular weight excluding hydrogens is 536 g/mol. The van der Waals surface area contributed by atoms with E-state index in [2.05, 4.69) is 4.90 Å². The molecule has 206 valence electrons. The molecule has 0 N–H and O–H groups in total. The molecule has 0 aliphatic heterocycles. The number of fused-ring (bicyclic) bond motifs is 1. The molecule has 3 nitrogen and oxygen atoms in total. The Morgan fingerprint density at radius 1 is 0.442 bits per heavy atom. The highest BCUT2D eigenvalue weighted by atomic mass is 19.1. The minimum Gasteiger partial charge on any atom is -0.310 e. The summed E-state index contributed by atoms with van der Waals surface area (Å²) in [5.74, 6) is -0.576. The van der Waals surface area contributed by atoms with Gasteiger partial charge in [-0.05, 0) is 60.2 Å². The summed E-state index contributed by atoms with van der Waals surface area (Å²) < 4.78 is 29.6. The third kappa shape index (κ3) is 5.13. The first-order valence-corrected chi connectivity index (χ1v) is 14.0. The number of nitrogens with zero attached hydrogens (tertiary/aromatic N) is 3. The molecule has 0 aliphatic rings. The lowest BCUT2D eigenvalue weighted by molar-refractivity contribution is 0.589. The van der Waals surface area contributed by atoms with Gasteiger partial charge in [0, 0.05) is 33.6 Å². The molecule has 0 aliphatic carbocycles. The Labute approximate surface area is 248 Å². The molecule has 0 radical (unpaired) electrons. The van der Waals surface area contributed by atoms with E-state index in [1.165, 1.54) is 18.2 Å². The molecule has 5 heteroatoms. The zero-order valence-corrected chi connectivity index (χ0v) is 23.0. The number of hydrogen-bond acceptors (Lipinski definition) is 3. The van der Waals surface area contributed by atoms with Crippen molar-refractivity contribution >= 4 is 28.0 Å². The van der Waals surface area contributed by atoms with Gasteiger partial charge in [0.15, 0.2) is 5.82 Å². The molecule has 0 saturated heterocycles. The van der Waals surface area contributed by atoms with Crippen LogP contribution in [0.5, 0.6) is 0 Å². The van der Waals surface area contributed by atoms with E-state index in [9.17, 15) is 8.78 Å². The van der Waals surface area contributed by atoms with Gasteiger partial charge in [-0.1, -0.05) is 97.1 Å². The molecule has 7 aromatic rings. The van der Waals surface area contributed by atoms with Crippen molar-refractivity contribution in [1.82, 2.24) is 9.97 Å². The standard InChI is InChI=1S/C38H25F2N3/c39-33-20-11-21-34(40)36(33)28-16-10-19-30(24-28)43(29-17-8-3-9-18-29)31-22-23-32-35(25-31)41-38(27-14-6-2-7-15-27)42-37(32)26-12-4-1-5-13-26/h1-25H. The number of hydrogen-bond donors (Lipinski definition) is 0. The summed E-state index contributed by atoms with van der Waals surface area (Å²) in [6, 6.07) is 47.2. The van der Waals surface area contributed by atoms with Gasteiger partial charge < -0.3 is 4.90 Å². The van der Waals surface area contributed by atoms with E-state index in [0.717, 1.165) is 44.8 Å². The normalized spacial score (nSPS) is 11.0. The fraction of sp³-hybridized carbons (Fsp3) is 0. The molecule has 0 unspecified atom stereocenters. The molecule has 0 amide bonds. The largest absolute Gasteiger partial charge is 0.310 e. The van der Waals surface area contributed by atoms with Crippen LogP contribution in [-0.2, 0) is 0 Å². The van der Waals surface area contributed by atoms with Crippen LogP contribution in [0.15, 0.2) is 152 Å². The van der Waals surface area contributed by atoms with E-state index < -0.39 is 11.6 Å².